The Morgan fingerprint density at radius 1 is 1.08 bits per heavy atom. The molecule has 0 aromatic heterocycles. The Morgan fingerprint density at radius 3 is 2.21 bits per heavy atom. The normalized spacial score (nSPS) is 37.6. The lowest BCUT2D eigenvalue weighted by Crippen LogP contribution is -2.63. The van der Waals surface area contributed by atoms with Gasteiger partial charge >= 0.3 is 0 Å². The number of Topliss-reactive ketones (excluding diaryl/α,β-unsaturated/α-hetero) is 1. The van der Waals surface area contributed by atoms with Crippen LogP contribution in [0.4, 0.5) is 0 Å². The van der Waals surface area contributed by atoms with Crippen molar-refractivity contribution in [3.05, 3.63) is 29.8 Å². The molecule has 1 aromatic carbocycles. The number of nitrogens with one attached hydrogen (secondary N) is 1. The van der Waals surface area contributed by atoms with Crippen molar-refractivity contribution in [2.24, 2.45) is 23.7 Å². The molecule has 4 nitrogen and oxygen atoms in total. The van der Waals surface area contributed by atoms with E-state index in [1.807, 2.05) is 19.1 Å². The molecule has 2 atom stereocenters. The third-order valence-electron chi connectivity index (χ3n) is 6.42. The molecule has 0 saturated heterocycles. The maximum atomic E-state index is 12.9. The molecule has 5 heteroatoms. The molecular formula is C19H25NO3S. The first-order chi connectivity index (χ1) is 11.3. The molecule has 0 aliphatic heterocycles. The van der Waals surface area contributed by atoms with Gasteiger partial charge in [-0.15, -0.1) is 0 Å². The van der Waals surface area contributed by atoms with Gasteiger partial charge in [0, 0.05) is 11.5 Å². The van der Waals surface area contributed by atoms with E-state index < -0.39 is 10.0 Å². The number of aryl methyl sites for hydroxylation is 1. The van der Waals surface area contributed by atoms with Crippen LogP contribution in [0.3, 0.4) is 0 Å². The van der Waals surface area contributed by atoms with Crippen molar-refractivity contribution < 1.29 is 13.2 Å². The van der Waals surface area contributed by atoms with Crippen molar-refractivity contribution in [2.45, 2.75) is 56.4 Å². The van der Waals surface area contributed by atoms with E-state index in [4.69, 9.17) is 0 Å². The van der Waals surface area contributed by atoms with Gasteiger partial charge in [0.05, 0.1) is 4.90 Å². The van der Waals surface area contributed by atoms with Crippen LogP contribution in [0.1, 0.15) is 44.6 Å². The summed E-state index contributed by atoms with van der Waals surface area (Å²) in [5, 5.41) is 0. The van der Waals surface area contributed by atoms with Crippen molar-refractivity contribution in [1.82, 2.24) is 4.72 Å². The average molecular weight is 347 g/mol. The molecule has 4 saturated carbocycles. The SMILES string of the molecule is CC(=O)C1C2CC3CC1CC(NS(=O)(=O)c1ccc(C)cc1)(C3)C2. The van der Waals surface area contributed by atoms with Crippen LogP contribution in [0.5, 0.6) is 0 Å². The molecule has 4 fully saturated rings. The van der Waals surface area contributed by atoms with Gasteiger partial charge < -0.3 is 0 Å². The Kier molecular flexibility index (Phi) is 3.66. The first-order valence-corrected chi connectivity index (χ1v) is 10.4. The molecule has 1 aromatic rings. The highest BCUT2D eigenvalue weighted by Crippen LogP contribution is 2.58. The second-order valence-electron chi connectivity index (χ2n) is 8.31. The molecular weight excluding hydrogens is 322 g/mol. The van der Waals surface area contributed by atoms with Crippen LogP contribution in [-0.4, -0.2) is 19.7 Å². The topological polar surface area (TPSA) is 63.2 Å². The van der Waals surface area contributed by atoms with Crippen molar-refractivity contribution in [2.75, 3.05) is 0 Å². The predicted molar refractivity (Wildman–Crippen MR) is 92.0 cm³/mol. The smallest absolute Gasteiger partial charge is 0.241 e. The fourth-order valence-corrected chi connectivity index (χ4v) is 7.31. The quantitative estimate of drug-likeness (QED) is 0.910. The van der Waals surface area contributed by atoms with E-state index in [-0.39, 0.29) is 11.5 Å². The van der Waals surface area contributed by atoms with E-state index in [1.165, 1.54) is 0 Å². The molecule has 24 heavy (non-hydrogen) atoms. The Labute approximate surface area is 144 Å². The van der Waals surface area contributed by atoms with Crippen molar-refractivity contribution >= 4 is 15.8 Å². The zero-order valence-corrected chi connectivity index (χ0v) is 15.1. The van der Waals surface area contributed by atoms with Crippen LogP contribution in [0.25, 0.3) is 0 Å². The van der Waals surface area contributed by atoms with Gasteiger partial charge in [0.1, 0.15) is 5.78 Å². The van der Waals surface area contributed by atoms with Gasteiger partial charge in [-0.3, -0.25) is 4.79 Å². The second kappa shape index (κ2) is 5.40. The lowest BCUT2D eigenvalue weighted by atomic mass is 9.48. The summed E-state index contributed by atoms with van der Waals surface area (Å²) in [4.78, 5) is 12.4. The summed E-state index contributed by atoms with van der Waals surface area (Å²) < 4.78 is 28.8. The number of carbonyl (C=O) groups is 1. The van der Waals surface area contributed by atoms with E-state index in [1.54, 1.807) is 19.1 Å². The Morgan fingerprint density at radius 2 is 1.67 bits per heavy atom. The maximum absolute atomic E-state index is 12.9. The van der Waals surface area contributed by atoms with Crippen LogP contribution in [-0.2, 0) is 14.8 Å². The maximum Gasteiger partial charge on any atom is 0.241 e. The van der Waals surface area contributed by atoms with E-state index in [0.29, 0.717) is 28.4 Å². The predicted octanol–water partition coefficient (Wildman–Crippen LogP) is 3.06. The van der Waals surface area contributed by atoms with Crippen molar-refractivity contribution in [3.8, 4) is 0 Å². The van der Waals surface area contributed by atoms with Gasteiger partial charge in [-0.25, -0.2) is 13.1 Å². The standard InChI is InChI=1S/C19H25NO3S/c1-12-3-5-17(6-4-12)24(22,23)20-19-9-14-7-15(10-19)18(13(2)21)16(8-14)11-19/h3-6,14-16,18,20H,7-11H2,1-2H3. The molecule has 0 spiro atoms. The van der Waals surface area contributed by atoms with Gasteiger partial charge in [0.25, 0.3) is 0 Å². The van der Waals surface area contributed by atoms with Crippen LogP contribution in [0.2, 0.25) is 0 Å². The molecule has 0 amide bonds. The molecule has 0 heterocycles. The van der Waals surface area contributed by atoms with Crippen molar-refractivity contribution in [1.29, 1.82) is 0 Å². The number of hydrogen-bond donors (Lipinski definition) is 1. The minimum atomic E-state index is -3.51. The Bertz CT molecular complexity index is 752. The van der Waals surface area contributed by atoms with E-state index >= 15 is 0 Å². The summed E-state index contributed by atoms with van der Waals surface area (Å²) in [6, 6.07) is 7.02. The fourth-order valence-electron chi connectivity index (χ4n) is 5.87. The third kappa shape index (κ3) is 2.62. The van der Waals surface area contributed by atoms with Gasteiger partial charge in [-0.1, -0.05) is 17.7 Å². The molecule has 130 valence electrons. The average Bonchev–Trinajstić information content (AvgIpc) is 2.44. The van der Waals surface area contributed by atoms with Gasteiger partial charge in [0.2, 0.25) is 10.0 Å². The van der Waals surface area contributed by atoms with Crippen LogP contribution >= 0.6 is 0 Å². The zero-order valence-electron chi connectivity index (χ0n) is 14.3. The lowest BCUT2D eigenvalue weighted by molar-refractivity contribution is -0.135. The highest BCUT2D eigenvalue weighted by Gasteiger charge is 2.57. The number of hydrogen-bond acceptors (Lipinski definition) is 3. The van der Waals surface area contributed by atoms with Gasteiger partial charge in [-0.05, 0) is 75.8 Å². The highest BCUT2D eigenvalue weighted by atomic mass is 32.2. The summed E-state index contributed by atoms with van der Waals surface area (Å²) in [7, 11) is -3.51. The summed E-state index contributed by atoms with van der Waals surface area (Å²) in [6.07, 6.45) is 4.74. The monoisotopic (exact) mass is 347 g/mol. The molecule has 2 unspecified atom stereocenters. The molecule has 4 aliphatic carbocycles. The molecule has 1 N–H and O–H groups in total. The Balaban J connectivity index is 1.61. The Hall–Kier alpha value is -1.20. The summed E-state index contributed by atoms with van der Waals surface area (Å²) >= 11 is 0. The molecule has 4 aliphatic rings. The molecule has 4 bridgehead atoms. The number of rotatable bonds is 4. The van der Waals surface area contributed by atoms with E-state index in [2.05, 4.69) is 4.72 Å². The minimum Gasteiger partial charge on any atom is -0.300 e. The van der Waals surface area contributed by atoms with Crippen LogP contribution in [0.15, 0.2) is 29.2 Å². The number of ketones is 1. The number of carbonyl (C=O) groups excluding carboxylic acids is 1. The largest absolute Gasteiger partial charge is 0.300 e. The third-order valence-corrected chi connectivity index (χ3v) is 8.02. The first-order valence-electron chi connectivity index (χ1n) is 8.89. The van der Waals surface area contributed by atoms with Crippen LogP contribution in [0, 0.1) is 30.6 Å². The fraction of sp³-hybridized carbons (Fsp3) is 0.632. The first kappa shape index (κ1) is 16.3. The molecule has 0 radical (unpaired) electrons. The second-order valence-corrected chi connectivity index (χ2v) is 9.99. The van der Waals surface area contributed by atoms with Crippen LogP contribution < -0.4 is 4.72 Å². The van der Waals surface area contributed by atoms with Crippen molar-refractivity contribution in [3.63, 3.8) is 0 Å². The summed E-state index contributed by atoms with van der Waals surface area (Å²) in [5.41, 5.74) is 0.708. The highest BCUT2D eigenvalue weighted by molar-refractivity contribution is 7.89. The van der Waals surface area contributed by atoms with Gasteiger partial charge in [0.15, 0.2) is 0 Å². The van der Waals surface area contributed by atoms with Gasteiger partial charge in [-0.2, -0.15) is 0 Å². The number of benzene rings is 1. The van der Waals surface area contributed by atoms with E-state index in [9.17, 15) is 13.2 Å². The molecule has 5 rings (SSSR count). The lowest BCUT2D eigenvalue weighted by Gasteiger charge is -2.59. The number of sulfonamides is 1. The van der Waals surface area contributed by atoms with E-state index in [0.717, 1.165) is 37.7 Å². The minimum absolute atomic E-state index is 0.151. The summed E-state index contributed by atoms with van der Waals surface area (Å²) in [5.74, 6) is 1.72. The zero-order chi connectivity index (χ0) is 17.1. The summed E-state index contributed by atoms with van der Waals surface area (Å²) in [6.45, 7) is 3.65.